The van der Waals surface area contributed by atoms with Crippen LogP contribution in [0.2, 0.25) is 0 Å². The molecule has 4 nitrogen and oxygen atoms in total. The Labute approximate surface area is 116 Å². The second-order valence-electron chi connectivity index (χ2n) is 5.16. The largest absolute Gasteiger partial charge is 0.352 e. The molecule has 0 radical (unpaired) electrons. The van der Waals surface area contributed by atoms with Gasteiger partial charge in [-0.05, 0) is 44.1 Å². The van der Waals surface area contributed by atoms with E-state index in [2.05, 4.69) is 22.2 Å². The minimum Gasteiger partial charge on any atom is -0.352 e. The van der Waals surface area contributed by atoms with Crippen LogP contribution in [0.4, 0.5) is 0 Å². The van der Waals surface area contributed by atoms with Crippen LogP contribution in [0.3, 0.4) is 0 Å². The standard InChI is InChI=1S/C14H17N3OS/c1-17-5-4-10(8-17)7-15-14(18)11-2-3-13-12(6-11)16-9-19-13/h2-3,6,9-10H,4-5,7-8H2,1H3,(H,15,18)/t10-/m0/s1. The number of nitrogens with one attached hydrogen (secondary N) is 1. The molecule has 0 spiro atoms. The Morgan fingerprint density at radius 3 is 3.26 bits per heavy atom. The van der Waals surface area contributed by atoms with E-state index in [1.165, 1.54) is 6.42 Å². The number of hydrogen-bond acceptors (Lipinski definition) is 4. The van der Waals surface area contributed by atoms with E-state index in [1.807, 2.05) is 18.2 Å². The van der Waals surface area contributed by atoms with Crippen molar-refractivity contribution in [2.75, 3.05) is 26.7 Å². The Bertz CT molecular complexity index is 595. The summed E-state index contributed by atoms with van der Waals surface area (Å²) in [4.78, 5) is 18.6. The Balaban J connectivity index is 1.63. The summed E-state index contributed by atoms with van der Waals surface area (Å²) < 4.78 is 1.12. The van der Waals surface area contributed by atoms with Crippen molar-refractivity contribution < 1.29 is 4.79 Å². The van der Waals surface area contributed by atoms with E-state index in [-0.39, 0.29) is 5.91 Å². The minimum absolute atomic E-state index is 0.00412. The summed E-state index contributed by atoms with van der Waals surface area (Å²) in [7, 11) is 2.12. The molecule has 1 aromatic heterocycles. The van der Waals surface area contributed by atoms with Gasteiger partial charge in [0.05, 0.1) is 15.7 Å². The van der Waals surface area contributed by atoms with E-state index in [0.717, 1.165) is 29.9 Å². The highest BCUT2D eigenvalue weighted by Crippen LogP contribution is 2.19. The summed E-state index contributed by atoms with van der Waals surface area (Å²) in [6.07, 6.45) is 1.17. The Morgan fingerprint density at radius 1 is 1.58 bits per heavy atom. The van der Waals surface area contributed by atoms with Crippen molar-refractivity contribution in [2.24, 2.45) is 5.92 Å². The smallest absolute Gasteiger partial charge is 0.251 e. The second kappa shape index (κ2) is 5.27. The molecule has 2 heterocycles. The van der Waals surface area contributed by atoms with Crippen LogP contribution in [-0.4, -0.2) is 42.5 Å². The third-order valence-electron chi connectivity index (χ3n) is 3.63. The molecular weight excluding hydrogens is 258 g/mol. The van der Waals surface area contributed by atoms with Crippen LogP contribution in [0.25, 0.3) is 10.2 Å². The van der Waals surface area contributed by atoms with Crippen LogP contribution in [-0.2, 0) is 0 Å². The first-order valence-electron chi connectivity index (χ1n) is 6.52. The number of carbonyl (C=O) groups is 1. The molecule has 1 aliphatic heterocycles. The number of thiazole rings is 1. The molecule has 1 saturated heterocycles. The van der Waals surface area contributed by atoms with Gasteiger partial charge >= 0.3 is 0 Å². The summed E-state index contributed by atoms with van der Waals surface area (Å²) in [5.74, 6) is 0.585. The highest BCUT2D eigenvalue weighted by atomic mass is 32.1. The lowest BCUT2D eigenvalue weighted by atomic mass is 10.1. The van der Waals surface area contributed by atoms with Crippen molar-refractivity contribution in [3.05, 3.63) is 29.3 Å². The molecule has 1 aliphatic rings. The van der Waals surface area contributed by atoms with Crippen LogP contribution >= 0.6 is 11.3 Å². The molecule has 1 fully saturated rings. The zero-order valence-electron chi connectivity index (χ0n) is 10.9. The minimum atomic E-state index is 0.00412. The lowest BCUT2D eigenvalue weighted by molar-refractivity contribution is 0.0947. The molecule has 0 aliphatic carbocycles. The Morgan fingerprint density at radius 2 is 2.47 bits per heavy atom. The van der Waals surface area contributed by atoms with Crippen molar-refractivity contribution >= 4 is 27.5 Å². The van der Waals surface area contributed by atoms with Crippen LogP contribution in [0.1, 0.15) is 16.8 Å². The van der Waals surface area contributed by atoms with E-state index < -0.39 is 0 Å². The molecule has 0 bridgehead atoms. The number of aromatic nitrogens is 1. The van der Waals surface area contributed by atoms with E-state index >= 15 is 0 Å². The zero-order valence-corrected chi connectivity index (χ0v) is 11.7. The molecule has 3 rings (SSSR count). The van der Waals surface area contributed by atoms with Gasteiger partial charge in [0.25, 0.3) is 5.91 Å². The number of amides is 1. The number of carbonyl (C=O) groups excluding carboxylic acids is 1. The van der Waals surface area contributed by atoms with Crippen LogP contribution < -0.4 is 5.32 Å². The van der Waals surface area contributed by atoms with Crippen molar-refractivity contribution in [3.8, 4) is 0 Å². The number of rotatable bonds is 3. The van der Waals surface area contributed by atoms with Gasteiger partial charge in [0.15, 0.2) is 0 Å². The van der Waals surface area contributed by atoms with Crippen molar-refractivity contribution in [3.63, 3.8) is 0 Å². The van der Waals surface area contributed by atoms with Gasteiger partial charge < -0.3 is 10.2 Å². The van der Waals surface area contributed by atoms with Crippen molar-refractivity contribution in [2.45, 2.75) is 6.42 Å². The molecule has 1 N–H and O–H groups in total. The van der Waals surface area contributed by atoms with E-state index in [4.69, 9.17) is 0 Å². The maximum Gasteiger partial charge on any atom is 0.251 e. The van der Waals surface area contributed by atoms with Gasteiger partial charge in [-0.15, -0.1) is 11.3 Å². The fourth-order valence-electron chi connectivity index (χ4n) is 2.53. The van der Waals surface area contributed by atoms with E-state index in [1.54, 1.807) is 16.8 Å². The number of hydrogen-bond donors (Lipinski definition) is 1. The Kier molecular flexibility index (Phi) is 3.48. The van der Waals surface area contributed by atoms with Crippen LogP contribution in [0.5, 0.6) is 0 Å². The molecule has 1 aromatic carbocycles. The first kappa shape index (κ1) is 12.6. The quantitative estimate of drug-likeness (QED) is 0.931. The third-order valence-corrected chi connectivity index (χ3v) is 4.44. The predicted octanol–water partition coefficient (Wildman–Crippen LogP) is 1.98. The fraction of sp³-hybridized carbons (Fsp3) is 0.429. The van der Waals surface area contributed by atoms with Gasteiger partial charge in [-0.3, -0.25) is 4.79 Å². The van der Waals surface area contributed by atoms with Crippen molar-refractivity contribution in [1.82, 2.24) is 15.2 Å². The summed E-state index contributed by atoms with van der Waals surface area (Å²) in [5, 5.41) is 3.03. The molecule has 5 heteroatoms. The Hall–Kier alpha value is -1.46. The average Bonchev–Trinajstić information content (AvgIpc) is 3.03. The molecule has 100 valence electrons. The van der Waals surface area contributed by atoms with Crippen LogP contribution in [0, 0.1) is 5.92 Å². The average molecular weight is 275 g/mol. The third kappa shape index (κ3) is 2.77. The molecule has 0 unspecified atom stereocenters. The van der Waals surface area contributed by atoms with Gasteiger partial charge in [0.2, 0.25) is 0 Å². The van der Waals surface area contributed by atoms with Gasteiger partial charge in [-0.1, -0.05) is 0 Å². The monoisotopic (exact) mass is 275 g/mol. The van der Waals surface area contributed by atoms with Gasteiger partial charge in [0.1, 0.15) is 0 Å². The lowest BCUT2D eigenvalue weighted by Crippen LogP contribution is -2.30. The molecule has 2 aromatic rings. The fourth-order valence-corrected chi connectivity index (χ4v) is 3.19. The molecule has 19 heavy (non-hydrogen) atoms. The summed E-state index contributed by atoms with van der Waals surface area (Å²) in [5.41, 5.74) is 3.41. The van der Waals surface area contributed by atoms with Gasteiger partial charge in [-0.25, -0.2) is 4.98 Å². The number of fused-ring (bicyclic) bond motifs is 1. The molecule has 1 atom stereocenters. The maximum absolute atomic E-state index is 12.1. The SMILES string of the molecule is CN1CC[C@@H](CNC(=O)c2ccc3scnc3c2)C1. The molecule has 1 amide bonds. The number of nitrogens with zero attached hydrogens (tertiary/aromatic N) is 2. The molecule has 0 saturated carbocycles. The predicted molar refractivity (Wildman–Crippen MR) is 77.6 cm³/mol. The summed E-state index contributed by atoms with van der Waals surface area (Å²) in [6, 6.07) is 5.70. The zero-order chi connectivity index (χ0) is 13.2. The number of benzene rings is 1. The second-order valence-corrected chi connectivity index (χ2v) is 6.05. The maximum atomic E-state index is 12.1. The van der Waals surface area contributed by atoms with E-state index in [0.29, 0.717) is 11.5 Å². The first-order chi connectivity index (χ1) is 9.22. The summed E-state index contributed by atoms with van der Waals surface area (Å²) in [6.45, 7) is 2.97. The number of likely N-dealkylation sites (tertiary alicyclic amines) is 1. The molecular formula is C14H17N3OS. The van der Waals surface area contributed by atoms with Gasteiger partial charge in [0, 0.05) is 18.7 Å². The van der Waals surface area contributed by atoms with Gasteiger partial charge in [-0.2, -0.15) is 0 Å². The normalized spacial score (nSPS) is 19.9. The van der Waals surface area contributed by atoms with E-state index in [9.17, 15) is 4.79 Å². The topological polar surface area (TPSA) is 45.2 Å². The lowest BCUT2D eigenvalue weighted by Gasteiger charge is -2.11. The van der Waals surface area contributed by atoms with Crippen molar-refractivity contribution in [1.29, 1.82) is 0 Å². The highest BCUT2D eigenvalue weighted by Gasteiger charge is 2.20. The summed E-state index contributed by atoms with van der Waals surface area (Å²) >= 11 is 1.59. The van der Waals surface area contributed by atoms with Crippen LogP contribution in [0.15, 0.2) is 23.7 Å². The highest BCUT2D eigenvalue weighted by molar-refractivity contribution is 7.16. The first-order valence-corrected chi connectivity index (χ1v) is 7.40.